The first-order chi connectivity index (χ1) is 9.41. The number of fused-ring (bicyclic) bond motifs is 4. The number of likely N-dealkylation sites (tertiary alicyclic amines) is 1. The van der Waals surface area contributed by atoms with Gasteiger partial charge in [0.15, 0.2) is 0 Å². The van der Waals surface area contributed by atoms with Crippen LogP contribution in [-0.2, 0) is 4.79 Å². The van der Waals surface area contributed by atoms with E-state index in [2.05, 4.69) is 10.9 Å². The molecule has 4 nitrogen and oxygen atoms in total. The summed E-state index contributed by atoms with van der Waals surface area (Å²) < 4.78 is 5.96. The van der Waals surface area contributed by atoms with Crippen LogP contribution in [0.15, 0.2) is 12.4 Å². The minimum atomic E-state index is -0.394. The molecule has 0 saturated carbocycles. The molecule has 2 aliphatic heterocycles. The van der Waals surface area contributed by atoms with Gasteiger partial charge in [0.1, 0.15) is 11.9 Å². The Morgan fingerprint density at radius 3 is 2.90 bits per heavy atom. The van der Waals surface area contributed by atoms with Crippen molar-refractivity contribution in [2.24, 2.45) is 5.41 Å². The van der Waals surface area contributed by atoms with Gasteiger partial charge in [-0.05, 0) is 0 Å². The maximum atomic E-state index is 12.6. The number of terminal acetylenes is 1. The Balaban J connectivity index is 2.03. The molecule has 2 aliphatic rings. The second-order valence-electron chi connectivity index (χ2n) is 6.45. The molecule has 3 rings (SSSR count). The van der Waals surface area contributed by atoms with Crippen LogP contribution in [0.25, 0.3) is 0 Å². The number of carbonyl (C=O) groups is 1. The standard InChI is InChI=1S/C16H18N2O2/c1-5-10-7-17-8-12-13-6-11(20-14(10)12)9-18(13)15(19)16(2,3)4/h1,7-8,11,13H,6,9H2,2-4H3/t11-,13-/m0/s1. The third kappa shape index (κ3) is 1.85. The molecule has 1 amide bonds. The fourth-order valence-corrected chi connectivity index (χ4v) is 2.94. The minimum absolute atomic E-state index is 0.0355. The SMILES string of the molecule is C#Cc1cncc2c1O[C@H]1C[C@@H]2N(C(=O)C(C)(C)C)C1. The van der Waals surface area contributed by atoms with Gasteiger partial charge in [0.2, 0.25) is 5.91 Å². The highest BCUT2D eigenvalue weighted by Gasteiger charge is 2.45. The highest BCUT2D eigenvalue weighted by atomic mass is 16.5. The van der Waals surface area contributed by atoms with E-state index in [0.717, 1.165) is 17.7 Å². The van der Waals surface area contributed by atoms with Crippen molar-refractivity contribution in [1.82, 2.24) is 9.88 Å². The first-order valence-electron chi connectivity index (χ1n) is 6.84. The van der Waals surface area contributed by atoms with Gasteiger partial charge in [-0.25, -0.2) is 0 Å². The summed E-state index contributed by atoms with van der Waals surface area (Å²) >= 11 is 0. The minimum Gasteiger partial charge on any atom is -0.487 e. The molecule has 3 heterocycles. The summed E-state index contributed by atoms with van der Waals surface area (Å²) in [5.41, 5.74) is 1.21. The average molecular weight is 270 g/mol. The Bertz CT molecular complexity index is 610. The van der Waals surface area contributed by atoms with Gasteiger partial charge >= 0.3 is 0 Å². The lowest BCUT2D eigenvalue weighted by molar-refractivity contribution is -0.140. The molecule has 1 saturated heterocycles. The maximum Gasteiger partial charge on any atom is 0.228 e. The normalized spacial score (nSPS) is 23.8. The average Bonchev–Trinajstić information content (AvgIpc) is 2.74. The molecule has 0 radical (unpaired) electrons. The van der Waals surface area contributed by atoms with Gasteiger partial charge in [0, 0.05) is 29.8 Å². The van der Waals surface area contributed by atoms with Gasteiger partial charge in [0.05, 0.1) is 18.2 Å². The van der Waals surface area contributed by atoms with Gasteiger partial charge < -0.3 is 9.64 Å². The topological polar surface area (TPSA) is 42.4 Å². The van der Waals surface area contributed by atoms with Crippen molar-refractivity contribution in [3.63, 3.8) is 0 Å². The van der Waals surface area contributed by atoms with E-state index >= 15 is 0 Å². The lowest BCUT2D eigenvalue weighted by Crippen LogP contribution is -2.39. The van der Waals surface area contributed by atoms with Crippen molar-refractivity contribution < 1.29 is 9.53 Å². The summed E-state index contributed by atoms with van der Waals surface area (Å²) in [6.07, 6.45) is 9.77. The number of hydrogen-bond acceptors (Lipinski definition) is 3. The Morgan fingerprint density at radius 1 is 1.50 bits per heavy atom. The number of nitrogens with zero attached hydrogens (tertiary/aromatic N) is 2. The molecule has 104 valence electrons. The Kier molecular flexibility index (Phi) is 2.75. The molecular weight excluding hydrogens is 252 g/mol. The number of rotatable bonds is 0. The van der Waals surface area contributed by atoms with Gasteiger partial charge in [-0.1, -0.05) is 26.7 Å². The Morgan fingerprint density at radius 2 is 2.25 bits per heavy atom. The monoisotopic (exact) mass is 270 g/mol. The molecule has 0 aliphatic carbocycles. The molecular formula is C16H18N2O2. The van der Waals surface area contributed by atoms with E-state index in [4.69, 9.17) is 11.2 Å². The van der Waals surface area contributed by atoms with E-state index < -0.39 is 5.41 Å². The van der Waals surface area contributed by atoms with Crippen molar-refractivity contribution in [2.75, 3.05) is 6.54 Å². The largest absolute Gasteiger partial charge is 0.487 e. The van der Waals surface area contributed by atoms with Crippen LogP contribution in [0.5, 0.6) is 5.75 Å². The molecule has 0 spiro atoms. The van der Waals surface area contributed by atoms with Crippen molar-refractivity contribution >= 4 is 5.91 Å². The van der Waals surface area contributed by atoms with Gasteiger partial charge in [-0.15, -0.1) is 6.42 Å². The van der Waals surface area contributed by atoms with E-state index in [1.807, 2.05) is 25.7 Å². The molecule has 1 fully saturated rings. The number of pyridine rings is 1. The Hall–Kier alpha value is -2.02. The molecule has 0 aromatic carbocycles. The molecule has 4 heteroatoms. The Labute approximate surface area is 119 Å². The quantitative estimate of drug-likeness (QED) is 0.678. The number of aromatic nitrogens is 1. The molecule has 2 atom stereocenters. The summed E-state index contributed by atoms with van der Waals surface area (Å²) in [7, 11) is 0. The zero-order chi connectivity index (χ0) is 14.5. The van der Waals surface area contributed by atoms with E-state index in [-0.39, 0.29) is 18.1 Å². The second-order valence-corrected chi connectivity index (χ2v) is 6.45. The zero-order valence-electron chi connectivity index (χ0n) is 12.0. The zero-order valence-corrected chi connectivity index (χ0v) is 12.0. The lowest BCUT2D eigenvalue weighted by Gasteiger charge is -2.31. The molecule has 2 bridgehead atoms. The highest BCUT2D eigenvalue weighted by molar-refractivity contribution is 5.82. The van der Waals surface area contributed by atoms with E-state index in [1.54, 1.807) is 12.4 Å². The highest BCUT2D eigenvalue weighted by Crippen LogP contribution is 2.45. The predicted octanol–water partition coefficient (Wildman–Crippen LogP) is 2.14. The van der Waals surface area contributed by atoms with Crippen LogP contribution in [0.4, 0.5) is 0 Å². The van der Waals surface area contributed by atoms with Crippen LogP contribution < -0.4 is 4.74 Å². The van der Waals surface area contributed by atoms with Crippen LogP contribution in [0, 0.1) is 17.8 Å². The van der Waals surface area contributed by atoms with Gasteiger partial charge in [-0.3, -0.25) is 9.78 Å². The van der Waals surface area contributed by atoms with Gasteiger partial charge in [-0.2, -0.15) is 0 Å². The van der Waals surface area contributed by atoms with Crippen LogP contribution in [0.2, 0.25) is 0 Å². The van der Waals surface area contributed by atoms with E-state index in [0.29, 0.717) is 12.1 Å². The van der Waals surface area contributed by atoms with E-state index in [1.165, 1.54) is 0 Å². The molecule has 1 aromatic rings. The molecule has 0 N–H and O–H groups in total. The molecule has 1 aromatic heterocycles. The summed E-state index contributed by atoms with van der Waals surface area (Å²) in [6.45, 7) is 6.44. The van der Waals surface area contributed by atoms with Gasteiger partial charge in [0.25, 0.3) is 0 Å². The van der Waals surface area contributed by atoms with Crippen LogP contribution in [-0.4, -0.2) is 28.4 Å². The fourth-order valence-electron chi connectivity index (χ4n) is 2.94. The summed E-state index contributed by atoms with van der Waals surface area (Å²) in [6, 6.07) is 0.0382. The third-order valence-electron chi connectivity index (χ3n) is 3.89. The molecule has 0 unspecified atom stereocenters. The first-order valence-corrected chi connectivity index (χ1v) is 6.84. The third-order valence-corrected chi connectivity index (χ3v) is 3.89. The maximum absolute atomic E-state index is 12.6. The number of hydrogen-bond donors (Lipinski definition) is 0. The van der Waals surface area contributed by atoms with Crippen LogP contribution in [0.1, 0.15) is 44.4 Å². The summed E-state index contributed by atoms with van der Waals surface area (Å²) in [4.78, 5) is 18.7. The van der Waals surface area contributed by atoms with Crippen LogP contribution in [0.3, 0.4) is 0 Å². The lowest BCUT2D eigenvalue weighted by atomic mass is 9.93. The van der Waals surface area contributed by atoms with Crippen molar-refractivity contribution in [3.8, 4) is 18.1 Å². The summed E-state index contributed by atoms with van der Waals surface area (Å²) in [5, 5.41) is 0. The van der Waals surface area contributed by atoms with Crippen molar-refractivity contribution in [1.29, 1.82) is 0 Å². The smallest absolute Gasteiger partial charge is 0.228 e. The number of carbonyl (C=O) groups excluding carboxylic acids is 1. The van der Waals surface area contributed by atoms with E-state index in [9.17, 15) is 4.79 Å². The molecule has 20 heavy (non-hydrogen) atoms. The predicted molar refractivity (Wildman–Crippen MR) is 75.1 cm³/mol. The summed E-state index contributed by atoms with van der Waals surface area (Å²) in [5.74, 6) is 3.48. The second kappa shape index (κ2) is 4.24. The van der Waals surface area contributed by atoms with Crippen molar-refractivity contribution in [3.05, 3.63) is 23.5 Å². The fraction of sp³-hybridized carbons (Fsp3) is 0.500. The number of amides is 1. The van der Waals surface area contributed by atoms with Crippen LogP contribution >= 0.6 is 0 Å². The van der Waals surface area contributed by atoms with Crippen molar-refractivity contribution in [2.45, 2.75) is 39.3 Å². The first kappa shape index (κ1) is 13.0. The number of ether oxygens (including phenoxy) is 1.